The number of ether oxygens (including phenoxy) is 3. The van der Waals surface area contributed by atoms with E-state index in [1.807, 2.05) is 42.5 Å². The Hall–Kier alpha value is -4.04. The standard InChI is InChI=1S/C29H30N2O6/c1-35-26-10-8-19-9-11-28(33)30-24-17-31(29(34)21-5-3-6-22(32)16-21)13-12-25(24)36-18-20-4-2-7-23(14-20)37-27(26)15-19/h2-8,10,14-16,24-25,32H,9,11-13,17-18H2,1H3,(H,30,33)/t24-,25+/m0/s1. The molecule has 3 aromatic rings. The number of piperidine rings is 1. The van der Waals surface area contributed by atoms with Gasteiger partial charge in [-0.2, -0.15) is 0 Å². The highest BCUT2D eigenvalue weighted by molar-refractivity contribution is 5.94. The molecule has 0 aromatic heterocycles. The summed E-state index contributed by atoms with van der Waals surface area (Å²) in [6, 6.07) is 19.3. The molecule has 192 valence electrons. The predicted molar refractivity (Wildman–Crippen MR) is 137 cm³/mol. The number of phenols is 1. The maximum atomic E-state index is 13.1. The predicted octanol–water partition coefficient (Wildman–Crippen LogP) is 4.06. The second-order valence-corrected chi connectivity index (χ2v) is 9.35. The number of phenolic OH excluding ortho intramolecular Hbond substituents is 1. The maximum absolute atomic E-state index is 13.1. The summed E-state index contributed by atoms with van der Waals surface area (Å²) in [4.78, 5) is 27.8. The molecule has 2 heterocycles. The van der Waals surface area contributed by atoms with E-state index in [0.717, 1.165) is 11.1 Å². The zero-order chi connectivity index (χ0) is 25.8. The van der Waals surface area contributed by atoms with Gasteiger partial charge in [-0.05, 0) is 66.4 Å². The van der Waals surface area contributed by atoms with Crippen molar-refractivity contribution in [2.75, 3.05) is 20.2 Å². The van der Waals surface area contributed by atoms with Crippen LogP contribution in [-0.4, -0.2) is 54.2 Å². The molecule has 0 unspecified atom stereocenters. The molecule has 0 radical (unpaired) electrons. The van der Waals surface area contributed by atoms with Crippen LogP contribution >= 0.6 is 0 Å². The Morgan fingerprint density at radius 2 is 1.92 bits per heavy atom. The number of amides is 2. The van der Waals surface area contributed by atoms with Gasteiger partial charge in [-0.1, -0.05) is 24.3 Å². The van der Waals surface area contributed by atoms with Crippen LogP contribution in [-0.2, 0) is 22.6 Å². The first-order valence-corrected chi connectivity index (χ1v) is 12.4. The summed E-state index contributed by atoms with van der Waals surface area (Å²) < 4.78 is 17.9. The smallest absolute Gasteiger partial charge is 0.254 e. The quantitative estimate of drug-likeness (QED) is 0.549. The van der Waals surface area contributed by atoms with Gasteiger partial charge in [-0.15, -0.1) is 0 Å². The molecule has 3 aromatic carbocycles. The zero-order valence-electron chi connectivity index (χ0n) is 20.7. The summed E-state index contributed by atoms with van der Waals surface area (Å²) >= 11 is 0. The lowest BCUT2D eigenvalue weighted by Gasteiger charge is -2.39. The lowest BCUT2D eigenvalue weighted by Crippen LogP contribution is -2.57. The van der Waals surface area contributed by atoms with Gasteiger partial charge in [0.05, 0.1) is 25.9 Å². The fourth-order valence-corrected chi connectivity index (χ4v) is 4.80. The molecule has 4 bridgehead atoms. The highest BCUT2D eigenvalue weighted by Crippen LogP contribution is 2.33. The minimum atomic E-state index is -0.363. The van der Waals surface area contributed by atoms with Gasteiger partial charge >= 0.3 is 0 Å². The van der Waals surface area contributed by atoms with E-state index < -0.39 is 0 Å². The zero-order valence-corrected chi connectivity index (χ0v) is 20.7. The SMILES string of the molecule is COc1ccc2cc1Oc1cccc(c1)CO[C@@H]1CCN(C(=O)c3cccc(O)c3)C[C@@H]1NC(=O)CC2. The first-order valence-electron chi connectivity index (χ1n) is 12.4. The van der Waals surface area contributed by atoms with Crippen LogP contribution in [0.3, 0.4) is 0 Å². The third kappa shape index (κ3) is 5.86. The molecule has 2 atom stereocenters. The van der Waals surface area contributed by atoms with Crippen molar-refractivity contribution in [3.05, 3.63) is 83.4 Å². The molecule has 0 saturated carbocycles. The molecule has 5 rings (SSSR count). The number of benzene rings is 3. The topological polar surface area (TPSA) is 97.3 Å². The van der Waals surface area contributed by atoms with Gasteiger partial charge in [0.1, 0.15) is 11.5 Å². The minimum Gasteiger partial charge on any atom is -0.508 e. The third-order valence-electron chi connectivity index (χ3n) is 6.74. The van der Waals surface area contributed by atoms with Crippen molar-refractivity contribution in [1.82, 2.24) is 10.2 Å². The number of carbonyl (C=O) groups is 2. The Morgan fingerprint density at radius 1 is 1.05 bits per heavy atom. The van der Waals surface area contributed by atoms with E-state index >= 15 is 0 Å². The first kappa shape index (κ1) is 24.6. The number of carbonyl (C=O) groups excluding carboxylic acids is 2. The average molecular weight is 503 g/mol. The minimum absolute atomic E-state index is 0.0409. The van der Waals surface area contributed by atoms with Gasteiger partial charge in [0.2, 0.25) is 5.91 Å². The fraction of sp³-hybridized carbons (Fsp3) is 0.310. The van der Waals surface area contributed by atoms with E-state index in [2.05, 4.69) is 5.32 Å². The van der Waals surface area contributed by atoms with Gasteiger partial charge < -0.3 is 29.5 Å². The van der Waals surface area contributed by atoms with Crippen LogP contribution < -0.4 is 14.8 Å². The fourth-order valence-electron chi connectivity index (χ4n) is 4.80. The van der Waals surface area contributed by atoms with Crippen molar-refractivity contribution in [1.29, 1.82) is 0 Å². The van der Waals surface area contributed by atoms with Crippen LogP contribution in [0.1, 0.15) is 34.3 Å². The second-order valence-electron chi connectivity index (χ2n) is 9.35. The van der Waals surface area contributed by atoms with Gasteiger partial charge in [0.25, 0.3) is 5.91 Å². The molecule has 8 nitrogen and oxygen atoms in total. The number of methoxy groups -OCH3 is 1. The lowest BCUT2D eigenvalue weighted by molar-refractivity contribution is -0.124. The number of aromatic hydroxyl groups is 1. The van der Waals surface area contributed by atoms with Crippen LogP contribution in [0.25, 0.3) is 0 Å². The molecule has 2 aliphatic rings. The van der Waals surface area contributed by atoms with Crippen LogP contribution in [0, 0.1) is 0 Å². The summed E-state index contributed by atoms with van der Waals surface area (Å²) in [7, 11) is 1.60. The number of likely N-dealkylation sites (tertiary alicyclic amines) is 1. The van der Waals surface area contributed by atoms with E-state index in [0.29, 0.717) is 55.4 Å². The number of nitrogens with one attached hydrogen (secondary N) is 1. The first-order chi connectivity index (χ1) is 18.0. The Kier molecular flexibility index (Phi) is 7.28. The summed E-state index contributed by atoms with van der Waals surface area (Å²) in [5.74, 6) is 1.61. The molecule has 2 aliphatic heterocycles. The van der Waals surface area contributed by atoms with E-state index in [1.54, 1.807) is 24.1 Å². The van der Waals surface area contributed by atoms with E-state index in [4.69, 9.17) is 14.2 Å². The molecule has 37 heavy (non-hydrogen) atoms. The normalized spacial score (nSPS) is 19.9. The second kappa shape index (κ2) is 10.9. The molecular formula is C29H30N2O6. The van der Waals surface area contributed by atoms with Crippen molar-refractivity contribution in [2.24, 2.45) is 0 Å². The molecule has 0 spiro atoms. The number of nitrogens with zero attached hydrogens (tertiary/aromatic N) is 1. The molecule has 2 N–H and O–H groups in total. The Bertz CT molecular complexity index is 1290. The molecule has 1 fully saturated rings. The molecule has 1 saturated heterocycles. The van der Waals surface area contributed by atoms with Gasteiger partial charge in [-0.25, -0.2) is 0 Å². The van der Waals surface area contributed by atoms with Crippen LogP contribution in [0.4, 0.5) is 0 Å². The monoisotopic (exact) mass is 502 g/mol. The molecular weight excluding hydrogens is 472 g/mol. The van der Waals surface area contributed by atoms with Crippen LogP contribution in [0.2, 0.25) is 0 Å². The Balaban J connectivity index is 1.39. The molecule has 2 amide bonds. The largest absolute Gasteiger partial charge is 0.508 e. The number of aryl methyl sites for hydroxylation is 1. The molecule has 0 aliphatic carbocycles. The number of fused-ring (bicyclic) bond motifs is 5. The number of hydrogen-bond acceptors (Lipinski definition) is 6. The summed E-state index contributed by atoms with van der Waals surface area (Å²) in [5, 5.41) is 12.9. The van der Waals surface area contributed by atoms with Crippen molar-refractivity contribution in [3.63, 3.8) is 0 Å². The highest BCUT2D eigenvalue weighted by Gasteiger charge is 2.33. The maximum Gasteiger partial charge on any atom is 0.254 e. The molecule has 8 heteroatoms. The Morgan fingerprint density at radius 3 is 2.76 bits per heavy atom. The van der Waals surface area contributed by atoms with Crippen LogP contribution in [0.15, 0.2) is 66.7 Å². The number of rotatable bonds is 2. The van der Waals surface area contributed by atoms with E-state index in [9.17, 15) is 14.7 Å². The van der Waals surface area contributed by atoms with Crippen molar-refractivity contribution in [3.8, 4) is 23.0 Å². The summed E-state index contributed by atoms with van der Waals surface area (Å²) in [6.07, 6.45) is 1.12. The van der Waals surface area contributed by atoms with Crippen molar-refractivity contribution >= 4 is 11.8 Å². The van der Waals surface area contributed by atoms with Gasteiger partial charge in [-0.3, -0.25) is 9.59 Å². The third-order valence-corrected chi connectivity index (χ3v) is 6.74. The van der Waals surface area contributed by atoms with Crippen molar-refractivity contribution < 1.29 is 28.9 Å². The lowest BCUT2D eigenvalue weighted by atomic mass is 10.00. The number of hydrogen-bond donors (Lipinski definition) is 2. The summed E-state index contributed by atoms with van der Waals surface area (Å²) in [5.41, 5.74) is 2.30. The van der Waals surface area contributed by atoms with Gasteiger partial charge in [0.15, 0.2) is 11.5 Å². The summed E-state index contributed by atoms with van der Waals surface area (Å²) in [6.45, 7) is 1.15. The Labute approximate surface area is 215 Å². The van der Waals surface area contributed by atoms with E-state index in [-0.39, 0.29) is 36.1 Å². The van der Waals surface area contributed by atoms with Crippen LogP contribution in [0.5, 0.6) is 23.0 Å². The highest BCUT2D eigenvalue weighted by atomic mass is 16.5. The van der Waals surface area contributed by atoms with Crippen molar-refractivity contribution in [2.45, 2.75) is 38.0 Å². The average Bonchev–Trinajstić information content (AvgIpc) is 2.91. The van der Waals surface area contributed by atoms with Gasteiger partial charge in [0, 0.05) is 25.1 Å². The van der Waals surface area contributed by atoms with E-state index in [1.165, 1.54) is 12.1 Å².